The number of nitrogens with zero attached hydrogens (tertiary/aromatic N) is 2. The van der Waals surface area contributed by atoms with Crippen LogP contribution >= 0.6 is 11.6 Å². The molecule has 2 aromatic rings. The molecule has 6 nitrogen and oxygen atoms in total. The lowest BCUT2D eigenvalue weighted by atomic mass is 9.67. The Labute approximate surface area is 194 Å². The summed E-state index contributed by atoms with van der Waals surface area (Å²) in [6.07, 6.45) is 0.541. The first-order chi connectivity index (χ1) is 15.1. The van der Waals surface area contributed by atoms with Gasteiger partial charge in [0.25, 0.3) is 0 Å². The Kier molecular flexibility index (Phi) is 7.28. The number of hydrogen-bond donors (Lipinski definition) is 1. The molecule has 1 saturated heterocycles. The Hall–Kier alpha value is -2.41. The molecule has 0 aliphatic carbocycles. The summed E-state index contributed by atoms with van der Waals surface area (Å²) < 4.78 is 5.59. The molecule has 1 aliphatic rings. The summed E-state index contributed by atoms with van der Waals surface area (Å²) in [6, 6.07) is 15.3. The Morgan fingerprint density at radius 3 is 2.31 bits per heavy atom. The second kappa shape index (κ2) is 9.61. The lowest BCUT2D eigenvalue weighted by Gasteiger charge is -2.53. The van der Waals surface area contributed by atoms with E-state index in [4.69, 9.17) is 16.3 Å². The maximum Gasteiger partial charge on any atom is 0.430 e. The number of para-hydroxylation sites is 1. The molecule has 172 valence electrons. The number of benzene rings is 2. The van der Waals surface area contributed by atoms with E-state index in [1.165, 1.54) is 5.01 Å². The Bertz CT molecular complexity index is 933. The number of amides is 1. The predicted molar refractivity (Wildman–Crippen MR) is 124 cm³/mol. The van der Waals surface area contributed by atoms with E-state index in [0.717, 1.165) is 11.8 Å². The number of ether oxygens (including phenoxy) is 1. The number of hydrogen-bond acceptors (Lipinski definition) is 5. The van der Waals surface area contributed by atoms with Crippen molar-refractivity contribution in [3.8, 4) is 5.75 Å². The minimum atomic E-state index is -1.11. The monoisotopic (exact) mass is 458 g/mol. The number of halogens is 1. The molecule has 32 heavy (non-hydrogen) atoms. The maximum atomic E-state index is 13.2. The molecule has 1 fully saturated rings. The number of piperidine rings is 1. The largest absolute Gasteiger partial charge is 0.430 e. The Morgan fingerprint density at radius 2 is 1.78 bits per heavy atom. The Balaban J connectivity index is 1.90. The molecule has 2 atom stereocenters. The molecule has 7 heteroatoms. The molecule has 1 amide bonds. The number of aldehydes is 1. The van der Waals surface area contributed by atoms with Crippen molar-refractivity contribution in [2.75, 3.05) is 13.1 Å². The fourth-order valence-corrected chi connectivity index (χ4v) is 4.43. The number of rotatable bonds is 6. The number of aliphatic hydroxyl groups is 1. The molecule has 0 radical (unpaired) electrons. The third-order valence-electron chi connectivity index (χ3n) is 6.30. The van der Waals surface area contributed by atoms with Gasteiger partial charge in [-0.1, -0.05) is 69.6 Å². The van der Waals surface area contributed by atoms with Crippen LogP contribution in [0.15, 0.2) is 54.6 Å². The van der Waals surface area contributed by atoms with Crippen LogP contribution in [0.5, 0.6) is 5.75 Å². The summed E-state index contributed by atoms with van der Waals surface area (Å²) in [6.45, 7) is 8.43. The van der Waals surface area contributed by atoms with E-state index in [0.29, 0.717) is 30.3 Å². The summed E-state index contributed by atoms with van der Waals surface area (Å²) in [4.78, 5) is 25.2. The lowest BCUT2D eigenvalue weighted by Crippen LogP contribution is -2.64. The number of hydrazine groups is 1. The highest BCUT2D eigenvalue weighted by Crippen LogP contribution is 2.46. The zero-order valence-electron chi connectivity index (χ0n) is 19.0. The van der Waals surface area contributed by atoms with Gasteiger partial charge in [-0.05, 0) is 42.2 Å². The second-order valence-corrected chi connectivity index (χ2v) is 9.72. The van der Waals surface area contributed by atoms with Crippen molar-refractivity contribution in [2.24, 2.45) is 11.3 Å². The van der Waals surface area contributed by atoms with Gasteiger partial charge >= 0.3 is 6.09 Å². The van der Waals surface area contributed by atoms with Crippen molar-refractivity contribution in [1.82, 2.24) is 10.0 Å². The molecule has 3 rings (SSSR count). The average Bonchev–Trinajstić information content (AvgIpc) is 2.74. The van der Waals surface area contributed by atoms with Gasteiger partial charge in [0.2, 0.25) is 0 Å². The van der Waals surface area contributed by atoms with E-state index >= 15 is 0 Å². The van der Waals surface area contributed by atoms with Crippen molar-refractivity contribution in [1.29, 1.82) is 0 Å². The molecule has 0 aromatic heterocycles. The highest BCUT2D eigenvalue weighted by atomic mass is 35.5. The lowest BCUT2D eigenvalue weighted by molar-refractivity contribution is -0.175. The van der Waals surface area contributed by atoms with Gasteiger partial charge in [-0.25, -0.2) is 14.8 Å². The van der Waals surface area contributed by atoms with Gasteiger partial charge in [-0.3, -0.25) is 0 Å². The standard InChI is InChI=1S/C25H31ClN2O4/c1-18(2)22(16-29)28(23(30)32-21-8-6-5-7-9-21)27-15-14-25(31,24(3,4)17-27)19-10-12-20(26)13-11-19/h5-13,16,18,22,31H,14-15,17H2,1-4H3/t22-,25-/m0/s1. The molecule has 1 heterocycles. The van der Waals surface area contributed by atoms with Crippen molar-refractivity contribution >= 4 is 24.0 Å². The molecule has 0 spiro atoms. The normalized spacial score (nSPS) is 21.7. The van der Waals surface area contributed by atoms with Crippen LogP contribution in [0.2, 0.25) is 5.02 Å². The third kappa shape index (κ3) is 4.82. The van der Waals surface area contributed by atoms with Gasteiger partial charge in [0.15, 0.2) is 0 Å². The van der Waals surface area contributed by atoms with Crippen LogP contribution in [0, 0.1) is 11.3 Å². The molecule has 1 N–H and O–H groups in total. The first kappa shape index (κ1) is 24.2. The van der Waals surface area contributed by atoms with E-state index < -0.39 is 23.2 Å². The maximum absolute atomic E-state index is 13.2. The summed E-state index contributed by atoms with van der Waals surface area (Å²) in [7, 11) is 0. The zero-order chi connectivity index (χ0) is 23.5. The predicted octanol–water partition coefficient (Wildman–Crippen LogP) is 4.90. The fraction of sp³-hybridized carbons (Fsp3) is 0.440. The van der Waals surface area contributed by atoms with Crippen LogP contribution in [0.3, 0.4) is 0 Å². The Morgan fingerprint density at radius 1 is 1.16 bits per heavy atom. The minimum absolute atomic E-state index is 0.115. The van der Waals surface area contributed by atoms with Crippen LogP contribution in [-0.2, 0) is 10.4 Å². The SMILES string of the molecule is CC(C)[C@H](C=O)N(C(=O)Oc1ccccc1)N1CC[C@](O)(c2ccc(Cl)cc2)C(C)(C)C1. The molecule has 0 unspecified atom stereocenters. The van der Waals surface area contributed by atoms with E-state index in [9.17, 15) is 14.7 Å². The van der Waals surface area contributed by atoms with Crippen molar-refractivity contribution in [3.63, 3.8) is 0 Å². The second-order valence-electron chi connectivity index (χ2n) is 9.29. The zero-order valence-corrected chi connectivity index (χ0v) is 19.7. The third-order valence-corrected chi connectivity index (χ3v) is 6.55. The van der Waals surface area contributed by atoms with Gasteiger partial charge in [0, 0.05) is 23.5 Å². The quantitative estimate of drug-likeness (QED) is 0.623. The molecular weight excluding hydrogens is 428 g/mol. The van der Waals surface area contributed by atoms with Crippen molar-refractivity contribution in [2.45, 2.75) is 45.8 Å². The first-order valence-corrected chi connectivity index (χ1v) is 11.2. The summed E-state index contributed by atoms with van der Waals surface area (Å²) in [5, 5.41) is 15.5. The number of carbonyl (C=O) groups excluding carboxylic acids is 2. The highest BCUT2D eigenvalue weighted by Gasteiger charge is 2.51. The number of carbonyl (C=O) groups is 2. The molecule has 0 bridgehead atoms. The van der Waals surface area contributed by atoms with Gasteiger partial charge in [0.05, 0.1) is 5.60 Å². The highest BCUT2D eigenvalue weighted by molar-refractivity contribution is 6.30. The fourth-order valence-electron chi connectivity index (χ4n) is 4.30. The van der Waals surface area contributed by atoms with E-state index in [1.54, 1.807) is 36.4 Å². The summed E-state index contributed by atoms with van der Waals surface area (Å²) >= 11 is 6.03. The molecule has 1 aliphatic heterocycles. The van der Waals surface area contributed by atoms with Crippen LogP contribution in [0.25, 0.3) is 0 Å². The van der Waals surface area contributed by atoms with E-state index in [2.05, 4.69) is 0 Å². The van der Waals surface area contributed by atoms with Gasteiger partial charge in [-0.15, -0.1) is 0 Å². The van der Waals surface area contributed by atoms with Crippen LogP contribution in [-0.4, -0.2) is 46.6 Å². The average molecular weight is 459 g/mol. The minimum Gasteiger partial charge on any atom is -0.409 e. The van der Waals surface area contributed by atoms with Gasteiger partial charge in [-0.2, -0.15) is 0 Å². The molecular formula is C25H31ClN2O4. The summed E-state index contributed by atoms with van der Waals surface area (Å²) in [5.41, 5.74) is -0.965. The van der Waals surface area contributed by atoms with E-state index in [-0.39, 0.29) is 5.92 Å². The van der Waals surface area contributed by atoms with Crippen LogP contribution < -0.4 is 4.74 Å². The van der Waals surface area contributed by atoms with Gasteiger partial charge in [0.1, 0.15) is 18.1 Å². The van der Waals surface area contributed by atoms with Crippen molar-refractivity contribution in [3.05, 3.63) is 65.2 Å². The topological polar surface area (TPSA) is 70.1 Å². The summed E-state index contributed by atoms with van der Waals surface area (Å²) in [5.74, 6) is 0.292. The first-order valence-electron chi connectivity index (χ1n) is 10.8. The smallest absolute Gasteiger partial charge is 0.409 e. The molecule has 0 saturated carbocycles. The van der Waals surface area contributed by atoms with E-state index in [1.807, 2.05) is 50.9 Å². The van der Waals surface area contributed by atoms with Crippen LogP contribution in [0.1, 0.15) is 39.7 Å². The van der Waals surface area contributed by atoms with Crippen molar-refractivity contribution < 1.29 is 19.4 Å². The molecule has 2 aromatic carbocycles. The van der Waals surface area contributed by atoms with Crippen LogP contribution in [0.4, 0.5) is 4.79 Å². The van der Waals surface area contributed by atoms with Gasteiger partial charge < -0.3 is 14.6 Å².